The molecular weight excluding hydrogens is 287 g/mol. The van der Waals surface area contributed by atoms with Crippen molar-refractivity contribution >= 4 is 15.9 Å². The van der Waals surface area contributed by atoms with Crippen molar-refractivity contribution in [1.29, 1.82) is 0 Å². The molecular formula is C12H12BrFN2O. The number of hydrogen-bond donors (Lipinski definition) is 0. The zero-order valence-corrected chi connectivity index (χ0v) is 11.4. The van der Waals surface area contributed by atoms with Gasteiger partial charge in [-0.25, -0.2) is 9.37 Å². The number of methoxy groups -OCH3 is 1. The molecule has 0 aliphatic carbocycles. The summed E-state index contributed by atoms with van der Waals surface area (Å²) in [6, 6.07) is 4.86. The lowest BCUT2D eigenvalue weighted by Crippen LogP contribution is -1.95. The van der Waals surface area contributed by atoms with Gasteiger partial charge >= 0.3 is 0 Å². The molecule has 17 heavy (non-hydrogen) atoms. The summed E-state index contributed by atoms with van der Waals surface area (Å²) in [5.41, 5.74) is 1.61. The van der Waals surface area contributed by atoms with E-state index in [1.807, 2.05) is 24.6 Å². The van der Waals surface area contributed by atoms with Gasteiger partial charge in [-0.15, -0.1) is 0 Å². The number of aryl methyl sites for hydroxylation is 1. The summed E-state index contributed by atoms with van der Waals surface area (Å²) in [5.74, 6) is 0.725. The maximum Gasteiger partial charge on any atom is 0.165 e. The van der Waals surface area contributed by atoms with E-state index in [4.69, 9.17) is 4.74 Å². The molecule has 1 heterocycles. The fraction of sp³-hybridized carbons (Fsp3) is 0.250. The molecule has 0 amide bonds. The Balaban J connectivity index is 2.57. The Morgan fingerprint density at radius 3 is 2.59 bits per heavy atom. The van der Waals surface area contributed by atoms with Crippen molar-refractivity contribution in [3.8, 4) is 17.0 Å². The molecule has 3 nitrogen and oxygen atoms in total. The molecule has 1 aromatic heterocycles. The fourth-order valence-corrected chi connectivity index (χ4v) is 2.45. The second kappa shape index (κ2) is 4.49. The van der Waals surface area contributed by atoms with Crippen LogP contribution in [0.4, 0.5) is 4.39 Å². The van der Waals surface area contributed by atoms with E-state index in [2.05, 4.69) is 20.9 Å². The summed E-state index contributed by atoms with van der Waals surface area (Å²) in [6.07, 6.45) is 0. The molecule has 0 spiro atoms. The maximum absolute atomic E-state index is 13.6. The Labute approximate surface area is 107 Å². The van der Waals surface area contributed by atoms with Crippen molar-refractivity contribution in [2.75, 3.05) is 7.11 Å². The SMILES string of the molecule is COc1ccc(-c2c(Br)nc(C)n2C)cc1F. The third kappa shape index (κ3) is 2.07. The van der Waals surface area contributed by atoms with E-state index in [0.717, 1.165) is 17.1 Å². The van der Waals surface area contributed by atoms with Crippen molar-refractivity contribution in [1.82, 2.24) is 9.55 Å². The second-order valence-electron chi connectivity index (χ2n) is 3.71. The number of ether oxygens (including phenoxy) is 1. The number of imidazole rings is 1. The minimum Gasteiger partial charge on any atom is -0.494 e. The van der Waals surface area contributed by atoms with E-state index in [-0.39, 0.29) is 11.6 Å². The third-order valence-corrected chi connectivity index (χ3v) is 3.25. The topological polar surface area (TPSA) is 27.1 Å². The highest BCUT2D eigenvalue weighted by molar-refractivity contribution is 9.10. The first kappa shape index (κ1) is 12.1. The molecule has 0 bridgehead atoms. The standard InChI is InChI=1S/C12H12BrFN2O/c1-7-15-12(13)11(16(7)2)8-4-5-10(17-3)9(14)6-8/h4-6H,1-3H3. The molecule has 0 atom stereocenters. The lowest BCUT2D eigenvalue weighted by atomic mass is 10.1. The summed E-state index contributed by atoms with van der Waals surface area (Å²) >= 11 is 3.38. The number of aromatic nitrogens is 2. The van der Waals surface area contributed by atoms with Crippen LogP contribution in [0.5, 0.6) is 5.75 Å². The number of hydrogen-bond acceptors (Lipinski definition) is 2. The van der Waals surface area contributed by atoms with Gasteiger partial charge in [-0.2, -0.15) is 0 Å². The van der Waals surface area contributed by atoms with Crippen molar-refractivity contribution in [3.63, 3.8) is 0 Å². The number of rotatable bonds is 2. The van der Waals surface area contributed by atoms with Gasteiger partial charge in [0.2, 0.25) is 0 Å². The molecule has 2 aromatic rings. The van der Waals surface area contributed by atoms with Gasteiger partial charge in [0.1, 0.15) is 10.4 Å². The minimum absolute atomic E-state index is 0.240. The van der Waals surface area contributed by atoms with Crippen LogP contribution < -0.4 is 4.74 Å². The lowest BCUT2D eigenvalue weighted by molar-refractivity contribution is 0.386. The van der Waals surface area contributed by atoms with Crippen LogP contribution in [0.2, 0.25) is 0 Å². The van der Waals surface area contributed by atoms with E-state index < -0.39 is 0 Å². The van der Waals surface area contributed by atoms with Gasteiger partial charge in [0, 0.05) is 12.6 Å². The Hall–Kier alpha value is -1.36. The largest absolute Gasteiger partial charge is 0.494 e. The first-order valence-electron chi connectivity index (χ1n) is 5.07. The summed E-state index contributed by atoms with van der Waals surface area (Å²) in [7, 11) is 3.34. The molecule has 0 aliphatic heterocycles. The van der Waals surface area contributed by atoms with Crippen molar-refractivity contribution in [2.45, 2.75) is 6.92 Å². The Kier molecular flexibility index (Phi) is 3.19. The average Bonchev–Trinajstić information content (AvgIpc) is 2.53. The first-order valence-corrected chi connectivity index (χ1v) is 5.86. The van der Waals surface area contributed by atoms with Gasteiger partial charge in [-0.05, 0) is 41.1 Å². The zero-order valence-electron chi connectivity index (χ0n) is 9.79. The monoisotopic (exact) mass is 298 g/mol. The highest BCUT2D eigenvalue weighted by atomic mass is 79.9. The van der Waals surface area contributed by atoms with Gasteiger partial charge < -0.3 is 9.30 Å². The molecule has 1 aromatic carbocycles. The molecule has 5 heteroatoms. The normalized spacial score (nSPS) is 10.6. The summed E-state index contributed by atoms with van der Waals surface area (Å²) in [6.45, 7) is 1.90. The van der Waals surface area contributed by atoms with Crippen molar-refractivity contribution in [2.24, 2.45) is 7.05 Å². The number of nitrogens with zero attached hydrogens (tertiary/aromatic N) is 2. The zero-order chi connectivity index (χ0) is 12.6. The van der Waals surface area contributed by atoms with Crippen LogP contribution in [0.1, 0.15) is 5.82 Å². The summed E-state index contributed by atoms with van der Waals surface area (Å²) < 4.78 is 21.1. The molecule has 0 unspecified atom stereocenters. The summed E-state index contributed by atoms with van der Waals surface area (Å²) in [5, 5.41) is 0. The predicted octanol–water partition coefficient (Wildman–Crippen LogP) is 3.31. The molecule has 90 valence electrons. The average molecular weight is 299 g/mol. The van der Waals surface area contributed by atoms with Crippen LogP contribution in [-0.2, 0) is 7.05 Å². The summed E-state index contributed by atoms with van der Waals surface area (Å²) in [4.78, 5) is 4.29. The Morgan fingerprint density at radius 2 is 2.12 bits per heavy atom. The maximum atomic E-state index is 13.6. The van der Waals surface area contributed by atoms with Gasteiger partial charge in [0.15, 0.2) is 11.6 Å². The van der Waals surface area contributed by atoms with Crippen molar-refractivity contribution in [3.05, 3.63) is 34.4 Å². The molecule has 0 N–H and O–H groups in total. The van der Waals surface area contributed by atoms with E-state index in [0.29, 0.717) is 4.60 Å². The van der Waals surface area contributed by atoms with Gasteiger partial charge in [-0.1, -0.05) is 0 Å². The van der Waals surface area contributed by atoms with E-state index >= 15 is 0 Å². The highest BCUT2D eigenvalue weighted by Gasteiger charge is 2.14. The van der Waals surface area contributed by atoms with Crippen LogP contribution in [0, 0.1) is 12.7 Å². The van der Waals surface area contributed by atoms with Gasteiger partial charge in [-0.3, -0.25) is 0 Å². The van der Waals surface area contributed by atoms with Crippen molar-refractivity contribution < 1.29 is 9.13 Å². The first-order chi connectivity index (χ1) is 8.04. The number of benzene rings is 1. The molecule has 0 aliphatic rings. The third-order valence-electron chi connectivity index (χ3n) is 2.70. The van der Waals surface area contributed by atoms with Crippen LogP contribution in [-0.4, -0.2) is 16.7 Å². The molecule has 0 saturated carbocycles. The molecule has 0 fully saturated rings. The van der Waals surface area contributed by atoms with Crippen LogP contribution in [0.3, 0.4) is 0 Å². The molecule has 0 radical (unpaired) electrons. The van der Waals surface area contributed by atoms with Crippen LogP contribution in [0.25, 0.3) is 11.3 Å². The second-order valence-corrected chi connectivity index (χ2v) is 4.46. The van der Waals surface area contributed by atoms with Crippen LogP contribution in [0.15, 0.2) is 22.8 Å². The Bertz CT molecular complexity index is 566. The van der Waals surface area contributed by atoms with Gasteiger partial charge in [0.05, 0.1) is 12.8 Å². The highest BCUT2D eigenvalue weighted by Crippen LogP contribution is 2.30. The minimum atomic E-state index is -0.379. The van der Waals surface area contributed by atoms with E-state index in [1.54, 1.807) is 6.07 Å². The van der Waals surface area contributed by atoms with Crippen LogP contribution >= 0.6 is 15.9 Å². The van der Waals surface area contributed by atoms with E-state index in [9.17, 15) is 4.39 Å². The smallest absolute Gasteiger partial charge is 0.165 e. The molecule has 2 rings (SSSR count). The van der Waals surface area contributed by atoms with E-state index in [1.165, 1.54) is 13.2 Å². The predicted molar refractivity (Wildman–Crippen MR) is 67.6 cm³/mol. The fourth-order valence-electron chi connectivity index (χ4n) is 1.70. The Morgan fingerprint density at radius 1 is 1.41 bits per heavy atom. The number of halogens is 2. The van der Waals surface area contributed by atoms with Gasteiger partial charge in [0.25, 0.3) is 0 Å². The lowest BCUT2D eigenvalue weighted by Gasteiger charge is -2.07. The molecule has 0 saturated heterocycles. The quantitative estimate of drug-likeness (QED) is 0.850.